The van der Waals surface area contributed by atoms with Crippen molar-refractivity contribution in [2.75, 3.05) is 0 Å². The van der Waals surface area contributed by atoms with E-state index in [0.717, 1.165) is 66.0 Å². The first kappa shape index (κ1) is 49.1. The predicted octanol–water partition coefficient (Wildman–Crippen LogP) is 15.3. The first-order valence-corrected chi connectivity index (χ1v) is 23.0. The molecule has 0 radical (unpaired) electrons. The highest BCUT2D eigenvalue weighted by molar-refractivity contribution is 6.35. The molecule has 4 aromatic carbocycles. The molecule has 0 saturated carbocycles. The van der Waals surface area contributed by atoms with Crippen molar-refractivity contribution in [3.8, 4) is 45.3 Å². The lowest BCUT2D eigenvalue weighted by molar-refractivity contribution is 0.245. The Morgan fingerprint density at radius 3 is 1.22 bits per heavy atom. The largest absolute Gasteiger partial charge is 0.504 e. The van der Waals surface area contributed by atoms with Gasteiger partial charge < -0.3 is 19.7 Å². The Kier molecular flexibility index (Phi) is 16.1. The molecule has 68 heavy (non-hydrogen) atoms. The van der Waals surface area contributed by atoms with Gasteiger partial charge in [0.05, 0.1) is 32.3 Å². The molecule has 0 saturated heterocycles. The van der Waals surface area contributed by atoms with Crippen molar-refractivity contribution >= 4 is 90.0 Å². The molecule has 10 nitrogen and oxygen atoms in total. The minimum atomic E-state index is 0.0138. The number of aromatic nitrogens is 6. The lowest BCUT2D eigenvalue weighted by Crippen LogP contribution is -2.07. The fourth-order valence-electron chi connectivity index (χ4n) is 7.31. The highest BCUT2D eigenvalue weighted by Gasteiger charge is 2.17. The molecule has 0 aliphatic carbocycles. The summed E-state index contributed by atoms with van der Waals surface area (Å²) in [5, 5.41) is 25.2. The normalized spacial score (nSPS) is 10.9. The van der Waals surface area contributed by atoms with E-state index in [1.54, 1.807) is 55.5 Å². The molecular weight excluding hydrogens is 938 g/mol. The van der Waals surface area contributed by atoms with Crippen LogP contribution in [0.4, 0.5) is 0 Å². The van der Waals surface area contributed by atoms with Crippen LogP contribution in [-0.2, 0) is 0 Å². The number of fused-ring (bicyclic) bond motifs is 4. The zero-order chi connectivity index (χ0) is 48.5. The standard InChI is InChI=1S/C17H15ClN2O.C14H9ClN2O.C13H14ClNO.C10H8ClNO/c1-11(2)21-17-15(18)9-14(12-5-3-7-19-10-12)13-6-4-8-20-16(13)17;15-12-7-11(9-3-1-5-16-8-9)10-4-2-6-17-13(10)14(12)18;1-8(2)16-13-11(14)7-9(3)10-5-4-6-15-12(10)13;1-6-5-8(11)10(13)9-7(6)3-2-4-12-9/h3-11H,1-2H3;1-8,18H;4-8H,1-3H3;2-5,13H,1H3. The second-order valence-corrected chi connectivity index (χ2v) is 17.6. The molecule has 6 aromatic heterocycles. The molecule has 0 aliphatic rings. The summed E-state index contributed by atoms with van der Waals surface area (Å²) in [5.41, 5.74) is 8.68. The van der Waals surface area contributed by atoms with E-state index in [1.807, 2.05) is 133 Å². The second-order valence-electron chi connectivity index (χ2n) is 15.9. The van der Waals surface area contributed by atoms with Crippen molar-refractivity contribution in [3.63, 3.8) is 0 Å². The van der Waals surface area contributed by atoms with Crippen LogP contribution < -0.4 is 9.47 Å². The van der Waals surface area contributed by atoms with E-state index < -0.39 is 0 Å². The van der Waals surface area contributed by atoms with Crippen LogP contribution in [0.15, 0.2) is 147 Å². The summed E-state index contributed by atoms with van der Waals surface area (Å²) in [5.74, 6) is 1.38. The van der Waals surface area contributed by atoms with E-state index in [0.29, 0.717) is 42.6 Å². The maximum Gasteiger partial charge on any atom is 0.164 e. The quantitative estimate of drug-likeness (QED) is 0.166. The first-order chi connectivity index (χ1) is 32.7. The summed E-state index contributed by atoms with van der Waals surface area (Å²) in [4.78, 5) is 25.3. The fraction of sp³-hybridized carbons (Fsp3) is 0.148. The molecule has 10 rings (SSSR count). The molecule has 10 aromatic rings. The Bertz CT molecular complexity index is 3360. The summed E-state index contributed by atoms with van der Waals surface area (Å²) >= 11 is 24.4. The molecule has 6 heterocycles. The van der Waals surface area contributed by atoms with Gasteiger partial charge in [-0.05, 0) is 124 Å². The van der Waals surface area contributed by atoms with Gasteiger partial charge in [-0.25, -0.2) is 0 Å². The molecule has 14 heteroatoms. The SMILES string of the molecule is CC(C)Oc1c(Cl)cc(-c2cccnc2)c2cccnc12.Cc1cc(Cl)c(O)c2ncccc12.Cc1cc(Cl)c(OC(C)C)c2ncccc12.Oc1c(Cl)cc(-c2cccnc2)c2cccnc12. The van der Waals surface area contributed by atoms with Crippen LogP contribution in [0, 0.1) is 13.8 Å². The highest BCUT2D eigenvalue weighted by Crippen LogP contribution is 2.41. The summed E-state index contributed by atoms with van der Waals surface area (Å²) in [6.45, 7) is 11.9. The van der Waals surface area contributed by atoms with Crippen molar-refractivity contribution < 1.29 is 19.7 Å². The Balaban J connectivity index is 0.000000136. The average molecular weight is 985 g/mol. The minimum Gasteiger partial charge on any atom is -0.504 e. The maximum absolute atomic E-state index is 9.92. The van der Waals surface area contributed by atoms with Gasteiger partial charge in [-0.2, -0.15) is 0 Å². The smallest absolute Gasteiger partial charge is 0.164 e. The number of nitrogens with zero attached hydrogens (tertiary/aromatic N) is 6. The van der Waals surface area contributed by atoms with E-state index in [2.05, 4.69) is 29.9 Å². The monoisotopic (exact) mass is 982 g/mol. The first-order valence-electron chi connectivity index (χ1n) is 21.5. The van der Waals surface area contributed by atoms with E-state index in [1.165, 1.54) is 0 Å². The average Bonchev–Trinajstić information content (AvgIpc) is 3.35. The number of aromatic hydroxyl groups is 2. The number of aryl methyl sites for hydroxylation is 2. The number of phenolic OH excluding ortho intramolecular Hbond substituents is 2. The molecule has 0 atom stereocenters. The summed E-state index contributed by atoms with van der Waals surface area (Å²) < 4.78 is 11.6. The van der Waals surface area contributed by atoms with Gasteiger partial charge in [0.2, 0.25) is 0 Å². The van der Waals surface area contributed by atoms with Crippen LogP contribution in [0.1, 0.15) is 38.8 Å². The molecule has 2 N–H and O–H groups in total. The number of pyridine rings is 6. The van der Waals surface area contributed by atoms with E-state index in [-0.39, 0.29) is 23.7 Å². The fourth-order valence-corrected chi connectivity index (χ4v) is 8.31. The van der Waals surface area contributed by atoms with Gasteiger partial charge in [-0.3, -0.25) is 29.9 Å². The van der Waals surface area contributed by atoms with E-state index in [9.17, 15) is 10.2 Å². The van der Waals surface area contributed by atoms with Crippen molar-refractivity contribution in [1.29, 1.82) is 0 Å². The van der Waals surface area contributed by atoms with Gasteiger partial charge in [0.15, 0.2) is 23.0 Å². The Morgan fingerprint density at radius 2 is 0.765 bits per heavy atom. The third kappa shape index (κ3) is 11.3. The van der Waals surface area contributed by atoms with Crippen molar-refractivity contribution in [1.82, 2.24) is 29.9 Å². The molecule has 0 aliphatic heterocycles. The van der Waals surface area contributed by atoms with Crippen LogP contribution in [0.5, 0.6) is 23.0 Å². The molecule has 0 spiro atoms. The van der Waals surface area contributed by atoms with Crippen LogP contribution >= 0.6 is 46.4 Å². The Morgan fingerprint density at radius 1 is 0.426 bits per heavy atom. The zero-order valence-corrected chi connectivity index (χ0v) is 40.9. The van der Waals surface area contributed by atoms with Crippen molar-refractivity contribution in [2.24, 2.45) is 0 Å². The van der Waals surface area contributed by atoms with Crippen LogP contribution in [0.25, 0.3) is 65.9 Å². The second kappa shape index (κ2) is 22.3. The summed E-state index contributed by atoms with van der Waals surface area (Å²) in [6, 6.07) is 30.4. The third-order valence-corrected chi connectivity index (χ3v) is 11.4. The molecular formula is C54H46Cl4N6O4. The Labute approximate surface area is 414 Å². The molecule has 0 fully saturated rings. The maximum atomic E-state index is 9.92. The number of phenols is 2. The number of hydrogen-bond acceptors (Lipinski definition) is 10. The van der Waals surface area contributed by atoms with Crippen molar-refractivity contribution in [2.45, 2.75) is 53.8 Å². The Hall–Kier alpha value is -6.82. The molecule has 0 bridgehead atoms. The lowest BCUT2D eigenvalue weighted by Gasteiger charge is -2.15. The van der Waals surface area contributed by atoms with Gasteiger partial charge in [-0.15, -0.1) is 0 Å². The topological polar surface area (TPSA) is 136 Å². The van der Waals surface area contributed by atoms with Crippen LogP contribution in [0.2, 0.25) is 20.1 Å². The molecule has 0 unspecified atom stereocenters. The van der Waals surface area contributed by atoms with Gasteiger partial charge >= 0.3 is 0 Å². The van der Waals surface area contributed by atoms with E-state index in [4.69, 9.17) is 55.9 Å². The number of benzene rings is 4. The summed E-state index contributed by atoms with van der Waals surface area (Å²) in [6.07, 6.45) is 13.9. The number of ether oxygens (including phenoxy) is 2. The van der Waals surface area contributed by atoms with Crippen molar-refractivity contribution in [3.05, 3.63) is 178 Å². The van der Waals surface area contributed by atoms with Gasteiger partial charge in [-0.1, -0.05) is 82.8 Å². The van der Waals surface area contributed by atoms with Crippen LogP contribution in [0.3, 0.4) is 0 Å². The van der Waals surface area contributed by atoms with Gasteiger partial charge in [0.25, 0.3) is 0 Å². The third-order valence-electron chi connectivity index (χ3n) is 10.3. The summed E-state index contributed by atoms with van der Waals surface area (Å²) in [7, 11) is 0. The van der Waals surface area contributed by atoms with Gasteiger partial charge in [0, 0.05) is 82.2 Å². The number of halogens is 4. The molecule has 344 valence electrons. The highest BCUT2D eigenvalue weighted by atomic mass is 35.5. The lowest BCUT2D eigenvalue weighted by atomic mass is 10.0. The van der Waals surface area contributed by atoms with E-state index >= 15 is 0 Å². The number of rotatable bonds is 6. The molecule has 0 amide bonds. The zero-order valence-electron chi connectivity index (χ0n) is 37.9. The number of hydrogen-bond donors (Lipinski definition) is 2. The minimum absolute atomic E-state index is 0.0138. The van der Waals surface area contributed by atoms with Crippen LogP contribution in [-0.4, -0.2) is 52.3 Å². The van der Waals surface area contributed by atoms with Gasteiger partial charge in [0.1, 0.15) is 22.1 Å². The predicted molar refractivity (Wildman–Crippen MR) is 278 cm³/mol.